The van der Waals surface area contributed by atoms with Crippen molar-refractivity contribution in [1.82, 2.24) is 10.6 Å². The van der Waals surface area contributed by atoms with Crippen molar-refractivity contribution in [2.45, 2.75) is 26.8 Å². The van der Waals surface area contributed by atoms with E-state index < -0.39 is 0 Å². The Hall–Kier alpha value is -0.610. The summed E-state index contributed by atoms with van der Waals surface area (Å²) >= 11 is 0. The van der Waals surface area contributed by atoms with Crippen LogP contribution in [0.5, 0.6) is 0 Å². The van der Waals surface area contributed by atoms with Gasteiger partial charge in [-0.2, -0.15) is 0 Å². The molecule has 4 heteroatoms. The minimum absolute atomic E-state index is 0.396. The second kappa shape index (κ2) is 5.98. The molecule has 14 heavy (non-hydrogen) atoms. The fourth-order valence-electron chi connectivity index (χ4n) is 1.17. The molecule has 0 aromatic heterocycles. The van der Waals surface area contributed by atoms with Crippen LogP contribution >= 0.6 is 0 Å². The summed E-state index contributed by atoms with van der Waals surface area (Å²) in [5.74, 6) is 0.465. The van der Waals surface area contributed by atoms with E-state index in [2.05, 4.69) is 29.6 Å². The fourth-order valence-corrected chi connectivity index (χ4v) is 1.17. The molecule has 1 unspecified atom stereocenters. The molecule has 1 heterocycles. The lowest BCUT2D eigenvalue weighted by molar-refractivity contribution is 0.113. The zero-order valence-corrected chi connectivity index (χ0v) is 9.34. The van der Waals surface area contributed by atoms with Crippen molar-refractivity contribution in [2.24, 2.45) is 11.1 Å². The molecule has 0 aromatic rings. The second-order valence-electron chi connectivity index (χ2n) is 4.04. The van der Waals surface area contributed by atoms with Crippen LogP contribution in [0.4, 0.5) is 0 Å². The zero-order valence-electron chi connectivity index (χ0n) is 9.34. The number of nitrogens with zero attached hydrogens (tertiary/aromatic N) is 1. The molecule has 0 aliphatic carbocycles. The average molecular weight is 199 g/mol. The Morgan fingerprint density at radius 1 is 1.50 bits per heavy atom. The van der Waals surface area contributed by atoms with Crippen LogP contribution in [0, 0.1) is 5.92 Å². The first-order valence-corrected chi connectivity index (χ1v) is 5.30. The molecule has 0 aromatic carbocycles. The van der Waals surface area contributed by atoms with Gasteiger partial charge in [-0.1, -0.05) is 19.0 Å². The van der Waals surface area contributed by atoms with Gasteiger partial charge in [-0.3, -0.25) is 0 Å². The number of hydrogen-bond donors (Lipinski definition) is 2. The van der Waals surface area contributed by atoms with Gasteiger partial charge in [0.05, 0.1) is 11.8 Å². The van der Waals surface area contributed by atoms with E-state index in [-0.39, 0.29) is 0 Å². The molecule has 0 spiro atoms. The molecule has 1 aliphatic rings. The number of piperazine rings is 1. The molecule has 0 saturated carbocycles. The highest BCUT2D eigenvalue weighted by Gasteiger charge is 2.11. The van der Waals surface area contributed by atoms with Crippen LogP contribution in [0.3, 0.4) is 0 Å². The van der Waals surface area contributed by atoms with Gasteiger partial charge in [0.25, 0.3) is 0 Å². The molecule has 1 rings (SSSR count). The number of oxime groups is 1. The third kappa shape index (κ3) is 4.07. The van der Waals surface area contributed by atoms with Gasteiger partial charge in [0.15, 0.2) is 0 Å². The lowest BCUT2D eigenvalue weighted by atomic mass is 10.1. The predicted molar refractivity (Wildman–Crippen MR) is 58.6 cm³/mol. The Kier molecular flexibility index (Phi) is 4.90. The summed E-state index contributed by atoms with van der Waals surface area (Å²) in [6.07, 6.45) is 0. The fraction of sp³-hybridized carbons (Fsp3) is 0.900. The van der Waals surface area contributed by atoms with Gasteiger partial charge in [0.2, 0.25) is 0 Å². The zero-order chi connectivity index (χ0) is 10.4. The highest BCUT2D eigenvalue weighted by Crippen LogP contribution is 1.97. The molecule has 0 bridgehead atoms. The van der Waals surface area contributed by atoms with E-state index >= 15 is 0 Å². The first kappa shape index (κ1) is 11.5. The Morgan fingerprint density at radius 3 is 2.86 bits per heavy atom. The Morgan fingerprint density at radius 2 is 2.29 bits per heavy atom. The lowest BCUT2D eigenvalue weighted by Gasteiger charge is -2.23. The smallest absolute Gasteiger partial charge is 0.133 e. The van der Waals surface area contributed by atoms with Crippen LogP contribution in [0.25, 0.3) is 0 Å². The van der Waals surface area contributed by atoms with Crippen LogP contribution in [0.1, 0.15) is 20.8 Å². The molecular weight excluding hydrogens is 178 g/mol. The summed E-state index contributed by atoms with van der Waals surface area (Å²) in [5.41, 5.74) is 1.05. The van der Waals surface area contributed by atoms with Crippen molar-refractivity contribution in [3.05, 3.63) is 0 Å². The first-order valence-electron chi connectivity index (χ1n) is 5.30. The molecule has 82 valence electrons. The maximum atomic E-state index is 5.28. The maximum absolute atomic E-state index is 5.28. The van der Waals surface area contributed by atoms with E-state index in [9.17, 15) is 0 Å². The van der Waals surface area contributed by atoms with E-state index in [1.807, 2.05) is 6.92 Å². The molecule has 1 saturated heterocycles. The molecule has 1 fully saturated rings. The normalized spacial score (nSPS) is 24.0. The van der Waals surface area contributed by atoms with Gasteiger partial charge in [-0.25, -0.2) is 0 Å². The van der Waals surface area contributed by atoms with Crippen molar-refractivity contribution in [2.75, 3.05) is 26.2 Å². The van der Waals surface area contributed by atoms with Crippen molar-refractivity contribution in [3.63, 3.8) is 0 Å². The van der Waals surface area contributed by atoms with Gasteiger partial charge >= 0.3 is 0 Å². The number of hydrogen-bond acceptors (Lipinski definition) is 4. The number of rotatable bonds is 4. The summed E-state index contributed by atoms with van der Waals surface area (Å²) in [4.78, 5) is 5.28. The largest absolute Gasteiger partial charge is 0.394 e. The van der Waals surface area contributed by atoms with Crippen molar-refractivity contribution >= 4 is 5.71 Å². The summed E-state index contributed by atoms with van der Waals surface area (Å²) < 4.78 is 0. The topological polar surface area (TPSA) is 45.6 Å². The second-order valence-corrected chi connectivity index (χ2v) is 4.04. The van der Waals surface area contributed by atoms with Gasteiger partial charge in [0, 0.05) is 19.6 Å². The monoisotopic (exact) mass is 199 g/mol. The van der Waals surface area contributed by atoms with Crippen LogP contribution < -0.4 is 10.6 Å². The highest BCUT2D eigenvalue weighted by atomic mass is 16.6. The van der Waals surface area contributed by atoms with Crippen LogP contribution in [-0.4, -0.2) is 38.0 Å². The van der Waals surface area contributed by atoms with Crippen molar-refractivity contribution in [3.8, 4) is 0 Å². The third-order valence-electron chi connectivity index (χ3n) is 2.45. The van der Waals surface area contributed by atoms with Crippen molar-refractivity contribution in [1.29, 1.82) is 0 Å². The molecular formula is C10H21N3O. The van der Waals surface area contributed by atoms with Gasteiger partial charge < -0.3 is 15.5 Å². The first-order chi connectivity index (χ1) is 6.70. The van der Waals surface area contributed by atoms with E-state index in [4.69, 9.17) is 4.84 Å². The molecule has 0 amide bonds. The molecule has 1 atom stereocenters. The van der Waals surface area contributed by atoms with Crippen LogP contribution in [0.2, 0.25) is 0 Å². The van der Waals surface area contributed by atoms with E-state index in [0.29, 0.717) is 18.6 Å². The minimum Gasteiger partial charge on any atom is -0.394 e. The lowest BCUT2D eigenvalue weighted by Crippen LogP contribution is -2.50. The quantitative estimate of drug-likeness (QED) is 0.515. The van der Waals surface area contributed by atoms with E-state index in [1.54, 1.807) is 0 Å². The molecule has 4 nitrogen and oxygen atoms in total. The average Bonchev–Trinajstić information content (AvgIpc) is 2.19. The highest BCUT2D eigenvalue weighted by molar-refractivity contribution is 5.83. The van der Waals surface area contributed by atoms with Gasteiger partial charge in [0.1, 0.15) is 6.61 Å². The predicted octanol–water partition coefficient (Wildman–Crippen LogP) is 0.596. The minimum atomic E-state index is 0.396. The molecule has 0 radical (unpaired) electrons. The summed E-state index contributed by atoms with van der Waals surface area (Å²) in [6.45, 7) is 9.90. The maximum Gasteiger partial charge on any atom is 0.133 e. The number of nitrogens with one attached hydrogen (secondary N) is 2. The molecule has 1 aliphatic heterocycles. The summed E-state index contributed by atoms with van der Waals surface area (Å²) in [6, 6.07) is 0.396. The SMILES string of the molecule is C/C(=N\OCC1CNCCN1)C(C)C. The van der Waals surface area contributed by atoms with Crippen LogP contribution in [-0.2, 0) is 4.84 Å². The third-order valence-corrected chi connectivity index (χ3v) is 2.45. The van der Waals surface area contributed by atoms with E-state index in [1.165, 1.54) is 0 Å². The van der Waals surface area contributed by atoms with Crippen molar-refractivity contribution < 1.29 is 4.84 Å². The summed E-state index contributed by atoms with van der Waals surface area (Å²) in [5, 5.41) is 10.7. The standard InChI is InChI=1S/C10H21N3O/c1-8(2)9(3)13-14-7-10-6-11-4-5-12-10/h8,10-12H,4-7H2,1-3H3/b13-9+. The molecule has 2 N–H and O–H groups in total. The van der Waals surface area contributed by atoms with E-state index in [0.717, 1.165) is 25.3 Å². The Balaban J connectivity index is 2.16. The van der Waals surface area contributed by atoms with Crippen LogP contribution in [0.15, 0.2) is 5.16 Å². The van der Waals surface area contributed by atoms with Gasteiger partial charge in [-0.05, 0) is 12.8 Å². The Labute approximate surface area is 86.1 Å². The summed E-state index contributed by atoms with van der Waals surface area (Å²) in [7, 11) is 0. The van der Waals surface area contributed by atoms with Gasteiger partial charge in [-0.15, -0.1) is 0 Å². The Bertz CT molecular complexity index is 186.